The topological polar surface area (TPSA) is 51.5 Å². The second-order valence-electron chi connectivity index (χ2n) is 7.17. The molecule has 0 radical (unpaired) electrons. The molecular formula is C20H21ClN2O3. The first-order valence-electron chi connectivity index (χ1n) is 8.77. The van der Waals surface area contributed by atoms with Crippen LogP contribution in [0, 0.1) is 5.92 Å². The Bertz CT molecular complexity index is 960. The highest BCUT2D eigenvalue weighted by molar-refractivity contribution is 6.33. The van der Waals surface area contributed by atoms with Crippen LogP contribution in [0.15, 0.2) is 24.3 Å². The monoisotopic (exact) mass is 372 g/mol. The maximum atomic E-state index is 12.1. The lowest BCUT2D eigenvalue weighted by Crippen LogP contribution is -2.43. The molecule has 5 nitrogen and oxygen atoms in total. The molecule has 0 amide bonds. The van der Waals surface area contributed by atoms with E-state index in [0.717, 1.165) is 35.0 Å². The Balaban J connectivity index is 1.87. The van der Waals surface area contributed by atoms with Crippen LogP contribution in [0.3, 0.4) is 0 Å². The summed E-state index contributed by atoms with van der Waals surface area (Å²) in [6.07, 6.45) is 3.00. The average molecular weight is 373 g/mol. The molecule has 2 aliphatic rings. The molecule has 136 valence electrons. The van der Waals surface area contributed by atoms with Crippen molar-refractivity contribution in [3.05, 3.63) is 40.6 Å². The molecule has 1 aliphatic heterocycles. The van der Waals surface area contributed by atoms with E-state index < -0.39 is 0 Å². The summed E-state index contributed by atoms with van der Waals surface area (Å²) in [4.78, 5) is 25.6. The zero-order chi connectivity index (χ0) is 18.6. The van der Waals surface area contributed by atoms with Crippen LogP contribution < -0.4 is 0 Å². The summed E-state index contributed by atoms with van der Waals surface area (Å²) < 4.78 is 6.83. The number of benzene rings is 1. The fourth-order valence-electron chi connectivity index (χ4n) is 4.33. The molecular weight excluding hydrogens is 352 g/mol. The Morgan fingerprint density at radius 2 is 2.08 bits per heavy atom. The number of nitrogens with zero attached hydrogens (tertiary/aromatic N) is 2. The number of carbonyl (C=O) groups is 2. The van der Waals surface area contributed by atoms with Gasteiger partial charge in [-0.25, -0.2) is 0 Å². The molecule has 2 heterocycles. The quantitative estimate of drug-likeness (QED) is 0.758. The van der Waals surface area contributed by atoms with Crippen LogP contribution in [0.1, 0.15) is 29.8 Å². The molecule has 2 aromatic rings. The maximum absolute atomic E-state index is 12.1. The normalized spacial score (nSPS) is 22.1. The van der Waals surface area contributed by atoms with Crippen LogP contribution in [0.25, 0.3) is 16.5 Å². The van der Waals surface area contributed by atoms with E-state index in [1.165, 1.54) is 19.4 Å². The van der Waals surface area contributed by atoms with Crippen molar-refractivity contribution in [3.8, 4) is 0 Å². The van der Waals surface area contributed by atoms with Crippen LogP contribution in [-0.4, -0.2) is 47.6 Å². The first-order chi connectivity index (χ1) is 12.4. The molecule has 0 fully saturated rings. The molecule has 0 saturated carbocycles. The third kappa shape index (κ3) is 2.58. The largest absolute Gasteiger partial charge is 0.465 e. The van der Waals surface area contributed by atoms with Crippen molar-refractivity contribution in [1.29, 1.82) is 0 Å². The maximum Gasteiger partial charge on any atom is 0.302 e. The van der Waals surface area contributed by atoms with Crippen LogP contribution in [-0.2, 0) is 16.0 Å². The predicted molar refractivity (Wildman–Crippen MR) is 101 cm³/mol. The fourth-order valence-corrected chi connectivity index (χ4v) is 4.71. The van der Waals surface area contributed by atoms with E-state index in [9.17, 15) is 9.59 Å². The number of esters is 1. The van der Waals surface area contributed by atoms with Crippen LogP contribution >= 0.6 is 11.6 Å². The number of likely N-dealkylation sites (N-methyl/N-ethyl adjacent to an activating group) is 1. The van der Waals surface area contributed by atoms with Gasteiger partial charge in [0.1, 0.15) is 5.15 Å². The Hall–Kier alpha value is -2.11. The van der Waals surface area contributed by atoms with E-state index in [1.54, 1.807) is 4.57 Å². The van der Waals surface area contributed by atoms with Gasteiger partial charge in [0, 0.05) is 37.7 Å². The SMILES string of the molecule is CC(=O)OC[C@@H]1C=C2c3cccc4c3c(c(Cl)n4C(C)=O)C[C@H]2N(C)C1. The Kier molecular flexibility index (Phi) is 4.16. The van der Waals surface area contributed by atoms with Gasteiger partial charge in [-0.2, -0.15) is 0 Å². The van der Waals surface area contributed by atoms with Gasteiger partial charge in [-0.3, -0.25) is 19.1 Å². The Labute approximate surface area is 157 Å². The van der Waals surface area contributed by atoms with Gasteiger partial charge in [-0.05, 0) is 36.2 Å². The molecule has 0 saturated heterocycles. The number of carbonyl (C=O) groups excluding carboxylic acids is 2. The van der Waals surface area contributed by atoms with Crippen molar-refractivity contribution in [1.82, 2.24) is 9.47 Å². The molecule has 6 heteroatoms. The molecule has 0 spiro atoms. The highest BCUT2D eigenvalue weighted by Crippen LogP contribution is 2.44. The summed E-state index contributed by atoms with van der Waals surface area (Å²) in [7, 11) is 2.08. The van der Waals surface area contributed by atoms with E-state index >= 15 is 0 Å². The lowest BCUT2D eigenvalue weighted by molar-refractivity contribution is -0.142. The van der Waals surface area contributed by atoms with Crippen molar-refractivity contribution in [2.75, 3.05) is 20.2 Å². The van der Waals surface area contributed by atoms with Crippen molar-refractivity contribution in [2.24, 2.45) is 5.92 Å². The molecule has 1 aromatic heterocycles. The molecule has 0 N–H and O–H groups in total. The standard InChI is InChI=1S/C20H21ClN2O3/c1-11(24)23-17-6-4-5-14-15-7-13(10-26-12(2)25)9-22(3)18(15)8-16(19(14)17)20(23)21/h4-7,13,18H,8-10H2,1-3H3/t13-,18-/m1/s1. The number of hydrogen-bond acceptors (Lipinski definition) is 4. The highest BCUT2D eigenvalue weighted by Gasteiger charge is 2.36. The number of hydrogen-bond donors (Lipinski definition) is 0. The second kappa shape index (κ2) is 6.25. The van der Waals surface area contributed by atoms with Crippen LogP contribution in [0.2, 0.25) is 5.15 Å². The average Bonchev–Trinajstić information content (AvgIpc) is 2.87. The highest BCUT2D eigenvalue weighted by atomic mass is 35.5. The molecule has 4 rings (SSSR count). The van der Waals surface area contributed by atoms with Gasteiger partial charge in [0.25, 0.3) is 0 Å². The summed E-state index contributed by atoms with van der Waals surface area (Å²) in [5.74, 6) is -0.188. The summed E-state index contributed by atoms with van der Waals surface area (Å²) >= 11 is 6.59. The molecule has 0 unspecified atom stereocenters. The van der Waals surface area contributed by atoms with Crippen molar-refractivity contribution in [2.45, 2.75) is 26.3 Å². The lowest BCUT2D eigenvalue weighted by atomic mass is 9.80. The summed E-state index contributed by atoms with van der Waals surface area (Å²) in [6.45, 7) is 4.17. The van der Waals surface area contributed by atoms with Crippen molar-refractivity contribution < 1.29 is 14.3 Å². The van der Waals surface area contributed by atoms with Gasteiger partial charge in [-0.15, -0.1) is 0 Å². The minimum absolute atomic E-state index is 0.0802. The van der Waals surface area contributed by atoms with E-state index in [4.69, 9.17) is 16.3 Å². The zero-order valence-corrected chi connectivity index (χ0v) is 15.8. The number of rotatable bonds is 2. The number of fused-ring (bicyclic) bond motifs is 2. The van der Waals surface area contributed by atoms with E-state index in [2.05, 4.69) is 24.1 Å². The van der Waals surface area contributed by atoms with Gasteiger partial charge >= 0.3 is 5.97 Å². The number of aromatic nitrogens is 1. The third-order valence-corrected chi connectivity index (χ3v) is 5.78. The second-order valence-corrected chi connectivity index (χ2v) is 7.53. The molecule has 2 atom stereocenters. The van der Waals surface area contributed by atoms with E-state index in [0.29, 0.717) is 11.8 Å². The molecule has 0 bridgehead atoms. The van der Waals surface area contributed by atoms with E-state index in [-0.39, 0.29) is 23.8 Å². The molecule has 1 aromatic carbocycles. The van der Waals surface area contributed by atoms with Gasteiger partial charge in [0.2, 0.25) is 5.91 Å². The third-order valence-electron chi connectivity index (χ3n) is 5.38. The lowest BCUT2D eigenvalue weighted by Gasteiger charge is -2.39. The van der Waals surface area contributed by atoms with Gasteiger partial charge in [-0.1, -0.05) is 29.8 Å². The minimum atomic E-state index is -0.258. The number of halogens is 1. The molecule has 26 heavy (non-hydrogen) atoms. The Morgan fingerprint density at radius 1 is 1.31 bits per heavy atom. The van der Waals surface area contributed by atoms with Crippen molar-refractivity contribution in [3.63, 3.8) is 0 Å². The summed E-state index contributed by atoms with van der Waals surface area (Å²) in [5.41, 5.74) is 4.25. The van der Waals surface area contributed by atoms with Gasteiger partial charge in [0.15, 0.2) is 0 Å². The predicted octanol–water partition coefficient (Wildman–Crippen LogP) is 3.39. The molecule has 1 aliphatic carbocycles. The minimum Gasteiger partial charge on any atom is -0.465 e. The van der Waals surface area contributed by atoms with E-state index in [1.807, 2.05) is 12.1 Å². The van der Waals surface area contributed by atoms with Gasteiger partial charge < -0.3 is 4.74 Å². The first kappa shape index (κ1) is 17.3. The van der Waals surface area contributed by atoms with Crippen LogP contribution in [0.4, 0.5) is 0 Å². The zero-order valence-electron chi connectivity index (χ0n) is 15.1. The van der Waals surface area contributed by atoms with Gasteiger partial charge in [0.05, 0.1) is 12.1 Å². The smallest absolute Gasteiger partial charge is 0.302 e. The summed E-state index contributed by atoms with van der Waals surface area (Å²) in [5, 5.41) is 1.59. The van der Waals surface area contributed by atoms with Crippen molar-refractivity contribution >= 4 is 40.0 Å². The fraction of sp³-hybridized carbons (Fsp3) is 0.400. The first-order valence-corrected chi connectivity index (χ1v) is 9.14. The number of ether oxygens (including phenoxy) is 1. The van der Waals surface area contributed by atoms with Crippen LogP contribution in [0.5, 0.6) is 0 Å². The summed E-state index contributed by atoms with van der Waals surface area (Å²) in [6, 6.07) is 6.21. The Morgan fingerprint density at radius 3 is 2.77 bits per heavy atom.